The van der Waals surface area contributed by atoms with Gasteiger partial charge in [-0.15, -0.1) is 0 Å². The zero-order valence-electron chi connectivity index (χ0n) is 26.4. The van der Waals surface area contributed by atoms with Crippen LogP contribution >= 0.6 is 0 Å². The predicted molar refractivity (Wildman–Crippen MR) is 167 cm³/mol. The lowest BCUT2D eigenvalue weighted by Crippen LogP contribution is -2.38. The average Bonchev–Trinajstić information content (AvgIpc) is 3.40. The fourth-order valence-electron chi connectivity index (χ4n) is 4.59. The second-order valence-corrected chi connectivity index (χ2v) is 12.7. The fourth-order valence-corrected chi connectivity index (χ4v) is 4.59. The van der Waals surface area contributed by atoms with Gasteiger partial charge in [0, 0.05) is 24.2 Å². The Morgan fingerprint density at radius 1 is 0.791 bits per heavy atom. The van der Waals surface area contributed by atoms with E-state index in [0.717, 1.165) is 22.3 Å². The van der Waals surface area contributed by atoms with Crippen LogP contribution in [0, 0.1) is 13.8 Å². The normalized spacial score (nSPS) is 11.7. The maximum absolute atomic E-state index is 12.9. The molecule has 8 nitrogen and oxygen atoms in total. The zero-order chi connectivity index (χ0) is 31.4. The van der Waals surface area contributed by atoms with Gasteiger partial charge < -0.3 is 18.9 Å². The number of rotatable bonds is 8. The predicted octanol–water partition coefficient (Wildman–Crippen LogP) is 8.16. The molecule has 0 unspecified atom stereocenters. The van der Waals surface area contributed by atoms with Gasteiger partial charge in [-0.2, -0.15) is 4.98 Å². The smallest absolute Gasteiger partial charge is 0.410 e. The maximum atomic E-state index is 12.9. The molecule has 3 aromatic carbocycles. The lowest BCUT2D eigenvalue weighted by Gasteiger charge is -2.28. The Labute approximate surface area is 254 Å². The molecule has 0 atom stereocenters. The van der Waals surface area contributed by atoms with E-state index >= 15 is 0 Å². The van der Waals surface area contributed by atoms with E-state index in [1.165, 1.54) is 21.6 Å². The molecule has 4 rings (SSSR count). The van der Waals surface area contributed by atoms with Crippen molar-refractivity contribution < 1.29 is 23.6 Å². The van der Waals surface area contributed by atoms with Crippen LogP contribution in [0.2, 0.25) is 0 Å². The van der Waals surface area contributed by atoms with Crippen LogP contribution in [0.4, 0.5) is 4.79 Å². The van der Waals surface area contributed by atoms with Crippen LogP contribution in [0.1, 0.15) is 64.7 Å². The van der Waals surface area contributed by atoms with Crippen LogP contribution in [0.5, 0.6) is 0 Å². The molecule has 226 valence electrons. The zero-order valence-corrected chi connectivity index (χ0v) is 26.4. The molecule has 1 amide bonds. The van der Waals surface area contributed by atoms with Crippen molar-refractivity contribution in [2.24, 2.45) is 0 Å². The third-order valence-electron chi connectivity index (χ3n) is 6.58. The van der Waals surface area contributed by atoms with Gasteiger partial charge in [0.1, 0.15) is 11.2 Å². The SMILES string of the molecule is Cc1ccccc1-c1ccc(-c2nc(-c3ccc(CN(CCC(=O)OC(C)(C)C)C(=O)OC(C)(C)C)cc3)no2)cc1C. The minimum absolute atomic E-state index is 0.0612. The van der Waals surface area contributed by atoms with Gasteiger partial charge in [0.25, 0.3) is 5.89 Å². The number of benzene rings is 3. The molecule has 0 bridgehead atoms. The number of aryl methyl sites for hydroxylation is 2. The van der Waals surface area contributed by atoms with Crippen molar-refractivity contribution in [1.29, 1.82) is 0 Å². The Morgan fingerprint density at radius 2 is 1.42 bits per heavy atom. The Morgan fingerprint density at radius 3 is 2.05 bits per heavy atom. The summed E-state index contributed by atoms with van der Waals surface area (Å²) in [7, 11) is 0. The van der Waals surface area contributed by atoms with E-state index in [0.29, 0.717) is 11.7 Å². The molecule has 0 aliphatic rings. The number of esters is 1. The van der Waals surface area contributed by atoms with Crippen LogP contribution in [0.25, 0.3) is 34.0 Å². The van der Waals surface area contributed by atoms with Crippen molar-refractivity contribution in [2.75, 3.05) is 6.54 Å². The molecule has 0 fully saturated rings. The second kappa shape index (κ2) is 12.8. The standard InChI is InChI=1S/C35H41N3O5/c1-23-11-9-10-12-28(23)29-18-17-27(21-24(29)2)32-36-31(37-43-32)26-15-13-25(14-16-26)22-38(33(40)42-35(6,7)8)20-19-30(39)41-34(3,4)5/h9-18,21H,19-20,22H2,1-8H3. The van der Waals surface area contributed by atoms with Gasteiger partial charge in [0.2, 0.25) is 5.82 Å². The number of amides is 1. The van der Waals surface area contributed by atoms with Gasteiger partial charge in [-0.3, -0.25) is 4.79 Å². The average molecular weight is 584 g/mol. The van der Waals surface area contributed by atoms with Gasteiger partial charge in [0.15, 0.2) is 0 Å². The number of carbonyl (C=O) groups is 2. The fraction of sp³-hybridized carbons (Fsp3) is 0.371. The highest BCUT2D eigenvalue weighted by Gasteiger charge is 2.24. The van der Waals surface area contributed by atoms with Crippen LogP contribution in [0.15, 0.2) is 71.3 Å². The van der Waals surface area contributed by atoms with Crippen LogP contribution in [-0.2, 0) is 20.8 Å². The van der Waals surface area contributed by atoms with E-state index in [2.05, 4.69) is 48.3 Å². The second-order valence-electron chi connectivity index (χ2n) is 12.7. The third kappa shape index (κ3) is 8.77. The summed E-state index contributed by atoms with van der Waals surface area (Å²) in [4.78, 5) is 31.4. The highest BCUT2D eigenvalue weighted by molar-refractivity contribution is 5.74. The molecule has 43 heavy (non-hydrogen) atoms. The Kier molecular flexibility index (Phi) is 9.38. The first-order chi connectivity index (χ1) is 20.2. The van der Waals surface area contributed by atoms with Gasteiger partial charge >= 0.3 is 12.1 Å². The van der Waals surface area contributed by atoms with Crippen molar-refractivity contribution in [3.05, 3.63) is 83.4 Å². The monoisotopic (exact) mass is 583 g/mol. The topological polar surface area (TPSA) is 94.8 Å². The molecule has 1 aromatic heterocycles. The summed E-state index contributed by atoms with van der Waals surface area (Å²) in [5.41, 5.74) is 5.95. The molecule has 0 radical (unpaired) electrons. The van der Waals surface area contributed by atoms with Gasteiger partial charge in [-0.05, 0) is 95.3 Å². The number of ether oxygens (including phenoxy) is 2. The van der Waals surface area contributed by atoms with E-state index in [9.17, 15) is 9.59 Å². The van der Waals surface area contributed by atoms with Crippen molar-refractivity contribution in [1.82, 2.24) is 15.0 Å². The van der Waals surface area contributed by atoms with Crippen LogP contribution < -0.4 is 0 Å². The lowest BCUT2D eigenvalue weighted by atomic mass is 9.95. The molecule has 0 spiro atoms. The van der Waals surface area contributed by atoms with E-state index in [1.807, 2.05) is 84.0 Å². The molecule has 0 aliphatic heterocycles. The molecular formula is C35H41N3O5. The van der Waals surface area contributed by atoms with Crippen molar-refractivity contribution in [2.45, 2.75) is 79.6 Å². The van der Waals surface area contributed by atoms with Crippen LogP contribution in [-0.4, -0.2) is 44.8 Å². The minimum atomic E-state index is -0.666. The lowest BCUT2D eigenvalue weighted by molar-refractivity contribution is -0.155. The van der Waals surface area contributed by atoms with E-state index < -0.39 is 17.3 Å². The Hall–Kier alpha value is -4.46. The molecule has 0 saturated heterocycles. The molecule has 4 aromatic rings. The van der Waals surface area contributed by atoms with Crippen molar-refractivity contribution in [3.8, 4) is 34.0 Å². The number of nitrogens with zero attached hydrogens (tertiary/aromatic N) is 3. The summed E-state index contributed by atoms with van der Waals surface area (Å²) in [6.07, 6.45) is -0.433. The number of hydrogen-bond donors (Lipinski definition) is 0. The van der Waals surface area contributed by atoms with E-state index in [-0.39, 0.29) is 25.5 Å². The van der Waals surface area contributed by atoms with E-state index in [4.69, 9.17) is 14.0 Å². The molecule has 0 saturated carbocycles. The van der Waals surface area contributed by atoms with Gasteiger partial charge in [-0.25, -0.2) is 4.79 Å². The quantitative estimate of drug-likeness (QED) is 0.193. The van der Waals surface area contributed by atoms with Crippen molar-refractivity contribution >= 4 is 12.1 Å². The molecule has 0 N–H and O–H groups in total. The minimum Gasteiger partial charge on any atom is -0.460 e. The summed E-state index contributed by atoms with van der Waals surface area (Å²) in [5, 5.41) is 4.20. The molecular weight excluding hydrogens is 542 g/mol. The molecule has 8 heteroatoms. The Bertz CT molecular complexity index is 1580. The number of carbonyl (C=O) groups excluding carboxylic acids is 2. The van der Waals surface area contributed by atoms with Gasteiger partial charge in [0.05, 0.1) is 6.42 Å². The highest BCUT2D eigenvalue weighted by Crippen LogP contribution is 2.31. The third-order valence-corrected chi connectivity index (χ3v) is 6.58. The first kappa shape index (κ1) is 31.5. The maximum Gasteiger partial charge on any atom is 0.410 e. The largest absolute Gasteiger partial charge is 0.460 e. The number of aromatic nitrogens is 2. The molecule has 1 heterocycles. The number of hydrogen-bond acceptors (Lipinski definition) is 7. The summed E-state index contributed by atoms with van der Waals surface area (Å²) < 4.78 is 16.6. The summed E-state index contributed by atoms with van der Waals surface area (Å²) >= 11 is 0. The summed E-state index contributed by atoms with van der Waals surface area (Å²) in [6.45, 7) is 15.5. The summed E-state index contributed by atoms with van der Waals surface area (Å²) in [5.74, 6) is 0.539. The highest BCUT2D eigenvalue weighted by atomic mass is 16.6. The van der Waals surface area contributed by atoms with E-state index in [1.54, 1.807) is 0 Å². The van der Waals surface area contributed by atoms with Gasteiger partial charge in [-0.1, -0.05) is 59.8 Å². The van der Waals surface area contributed by atoms with Crippen LogP contribution in [0.3, 0.4) is 0 Å². The van der Waals surface area contributed by atoms with Crippen molar-refractivity contribution in [3.63, 3.8) is 0 Å². The Balaban J connectivity index is 1.47. The summed E-state index contributed by atoms with van der Waals surface area (Å²) in [6, 6.07) is 22.0. The first-order valence-corrected chi connectivity index (χ1v) is 14.5. The molecule has 0 aliphatic carbocycles. The first-order valence-electron chi connectivity index (χ1n) is 14.5.